The Bertz CT molecular complexity index is 267. The SMILES string of the molecule is CCC[N+](C)(C)C(N)c1ccccc1. The lowest BCUT2D eigenvalue weighted by atomic mass is 10.1. The predicted octanol–water partition coefficient (Wildman–Crippen LogP) is 2.13. The average molecular weight is 193 g/mol. The molecule has 0 heterocycles. The van der Waals surface area contributed by atoms with E-state index in [4.69, 9.17) is 5.73 Å². The summed E-state index contributed by atoms with van der Waals surface area (Å²) in [5, 5.41) is 0. The standard InChI is InChI=1S/C12H21N2/c1-4-10-14(2,3)12(13)11-8-6-5-7-9-11/h5-9,12H,4,10,13H2,1-3H3/q+1. The van der Waals surface area contributed by atoms with Crippen molar-refractivity contribution in [1.82, 2.24) is 0 Å². The Labute approximate surface area is 86.9 Å². The Morgan fingerprint density at radius 1 is 1.21 bits per heavy atom. The van der Waals surface area contributed by atoms with Crippen molar-refractivity contribution in [2.45, 2.75) is 19.5 Å². The molecule has 0 aliphatic rings. The fourth-order valence-electron chi connectivity index (χ4n) is 1.77. The van der Waals surface area contributed by atoms with E-state index in [0.29, 0.717) is 0 Å². The minimum atomic E-state index is 0.0798. The number of hydrogen-bond donors (Lipinski definition) is 1. The lowest BCUT2D eigenvalue weighted by molar-refractivity contribution is -0.921. The number of hydrogen-bond acceptors (Lipinski definition) is 1. The first kappa shape index (κ1) is 11.2. The Balaban J connectivity index is 2.79. The van der Waals surface area contributed by atoms with Gasteiger partial charge < -0.3 is 4.48 Å². The molecular formula is C12H21N2+. The Morgan fingerprint density at radius 3 is 2.29 bits per heavy atom. The van der Waals surface area contributed by atoms with Crippen LogP contribution in [0, 0.1) is 0 Å². The molecule has 2 heteroatoms. The quantitative estimate of drug-likeness (QED) is 0.575. The minimum Gasteiger partial charge on any atom is -0.310 e. The summed E-state index contributed by atoms with van der Waals surface area (Å²) in [4.78, 5) is 0. The molecule has 0 bridgehead atoms. The van der Waals surface area contributed by atoms with Crippen LogP contribution in [0.5, 0.6) is 0 Å². The van der Waals surface area contributed by atoms with Crippen molar-refractivity contribution < 1.29 is 4.48 Å². The van der Waals surface area contributed by atoms with Crippen LogP contribution in [0.2, 0.25) is 0 Å². The van der Waals surface area contributed by atoms with Crippen LogP contribution < -0.4 is 5.73 Å². The summed E-state index contributed by atoms with van der Waals surface area (Å²) >= 11 is 0. The first-order chi connectivity index (χ1) is 6.58. The van der Waals surface area contributed by atoms with Crippen LogP contribution in [0.25, 0.3) is 0 Å². The molecule has 0 spiro atoms. The molecule has 1 atom stereocenters. The molecule has 0 amide bonds. The van der Waals surface area contributed by atoms with Crippen molar-refractivity contribution in [1.29, 1.82) is 0 Å². The monoisotopic (exact) mass is 193 g/mol. The highest BCUT2D eigenvalue weighted by Crippen LogP contribution is 2.19. The van der Waals surface area contributed by atoms with E-state index in [1.807, 2.05) is 18.2 Å². The number of benzene rings is 1. The molecule has 0 aliphatic carbocycles. The molecular weight excluding hydrogens is 172 g/mol. The second-order valence-corrected chi connectivity index (χ2v) is 4.36. The molecule has 0 saturated heterocycles. The van der Waals surface area contributed by atoms with E-state index >= 15 is 0 Å². The predicted molar refractivity (Wildman–Crippen MR) is 60.6 cm³/mol. The maximum atomic E-state index is 6.23. The normalized spacial score (nSPS) is 14.0. The molecule has 14 heavy (non-hydrogen) atoms. The summed E-state index contributed by atoms with van der Waals surface area (Å²) in [6.07, 6.45) is 1.24. The van der Waals surface area contributed by atoms with Crippen LogP contribution in [0.1, 0.15) is 25.1 Å². The molecule has 1 aromatic rings. The lowest BCUT2D eigenvalue weighted by Crippen LogP contribution is -2.47. The zero-order chi connectivity index (χ0) is 10.6. The van der Waals surface area contributed by atoms with E-state index in [1.54, 1.807) is 0 Å². The van der Waals surface area contributed by atoms with Crippen molar-refractivity contribution in [3.8, 4) is 0 Å². The van der Waals surface area contributed by atoms with Gasteiger partial charge in [-0.2, -0.15) is 0 Å². The number of rotatable bonds is 4. The smallest absolute Gasteiger partial charge is 0.166 e. The first-order valence-corrected chi connectivity index (χ1v) is 5.21. The van der Waals surface area contributed by atoms with E-state index in [0.717, 1.165) is 17.4 Å². The van der Waals surface area contributed by atoms with Gasteiger partial charge in [0.2, 0.25) is 0 Å². The second kappa shape index (κ2) is 4.58. The molecule has 0 aliphatic heterocycles. The van der Waals surface area contributed by atoms with Crippen molar-refractivity contribution >= 4 is 0 Å². The maximum absolute atomic E-state index is 6.23. The highest BCUT2D eigenvalue weighted by atomic mass is 15.4. The van der Waals surface area contributed by atoms with Gasteiger partial charge in [-0.3, -0.25) is 5.73 Å². The molecule has 1 unspecified atom stereocenters. The van der Waals surface area contributed by atoms with Crippen LogP contribution in [0.3, 0.4) is 0 Å². The third kappa shape index (κ3) is 2.56. The fraction of sp³-hybridized carbons (Fsp3) is 0.500. The van der Waals surface area contributed by atoms with Crippen LogP contribution in [-0.4, -0.2) is 25.1 Å². The molecule has 0 fully saturated rings. The summed E-state index contributed by atoms with van der Waals surface area (Å²) in [5.41, 5.74) is 7.44. The fourth-order valence-corrected chi connectivity index (χ4v) is 1.77. The zero-order valence-electron chi connectivity index (χ0n) is 9.40. The van der Waals surface area contributed by atoms with E-state index in [1.165, 1.54) is 5.56 Å². The highest BCUT2D eigenvalue weighted by Gasteiger charge is 2.24. The topological polar surface area (TPSA) is 26.0 Å². The molecule has 0 saturated carbocycles. The molecule has 2 N–H and O–H groups in total. The van der Waals surface area contributed by atoms with E-state index in [9.17, 15) is 0 Å². The second-order valence-electron chi connectivity index (χ2n) is 4.36. The van der Waals surface area contributed by atoms with Gasteiger partial charge in [-0.05, 0) is 6.42 Å². The minimum absolute atomic E-state index is 0.0798. The third-order valence-corrected chi connectivity index (χ3v) is 2.69. The maximum Gasteiger partial charge on any atom is 0.166 e. The number of nitrogens with two attached hydrogens (primary N) is 1. The van der Waals surface area contributed by atoms with Crippen molar-refractivity contribution in [3.63, 3.8) is 0 Å². The average Bonchev–Trinajstić information content (AvgIpc) is 2.18. The summed E-state index contributed by atoms with van der Waals surface area (Å²) in [7, 11) is 4.36. The Kier molecular flexibility index (Phi) is 3.67. The number of nitrogens with zero attached hydrogens (tertiary/aromatic N) is 1. The Morgan fingerprint density at radius 2 is 1.79 bits per heavy atom. The summed E-state index contributed by atoms with van der Waals surface area (Å²) in [6.45, 7) is 3.30. The van der Waals surface area contributed by atoms with Crippen LogP contribution >= 0.6 is 0 Å². The van der Waals surface area contributed by atoms with Gasteiger partial charge in [0.15, 0.2) is 6.17 Å². The van der Waals surface area contributed by atoms with Crippen molar-refractivity contribution in [2.24, 2.45) is 5.73 Å². The van der Waals surface area contributed by atoms with Gasteiger partial charge in [-0.1, -0.05) is 37.3 Å². The third-order valence-electron chi connectivity index (χ3n) is 2.69. The van der Waals surface area contributed by atoms with Gasteiger partial charge in [0.25, 0.3) is 0 Å². The van der Waals surface area contributed by atoms with E-state index < -0.39 is 0 Å². The van der Waals surface area contributed by atoms with Crippen molar-refractivity contribution in [2.75, 3.05) is 20.6 Å². The van der Waals surface area contributed by atoms with Gasteiger partial charge in [0.1, 0.15) is 0 Å². The summed E-state index contributed by atoms with van der Waals surface area (Å²) in [6, 6.07) is 10.3. The van der Waals surface area contributed by atoms with Gasteiger partial charge >= 0.3 is 0 Å². The van der Waals surface area contributed by atoms with Gasteiger partial charge in [-0.15, -0.1) is 0 Å². The van der Waals surface area contributed by atoms with E-state index in [-0.39, 0.29) is 6.17 Å². The molecule has 2 nitrogen and oxygen atoms in total. The van der Waals surface area contributed by atoms with Crippen LogP contribution in [0.15, 0.2) is 30.3 Å². The molecule has 0 radical (unpaired) electrons. The van der Waals surface area contributed by atoms with Crippen LogP contribution in [0.4, 0.5) is 0 Å². The molecule has 78 valence electrons. The van der Waals surface area contributed by atoms with Gasteiger partial charge in [0, 0.05) is 5.56 Å². The van der Waals surface area contributed by atoms with E-state index in [2.05, 4.69) is 33.2 Å². The lowest BCUT2D eigenvalue weighted by Gasteiger charge is -2.35. The number of quaternary nitrogens is 1. The first-order valence-electron chi connectivity index (χ1n) is 5.21. The summed E-state index contributed by atoms with van der Waals surface area (Å²) in [5.74, 6) is 0. The van der Waals surface area contributed by atoms with Crippen LogP contribution in [-0.2, 0) is 0 Å². The zero-order valence-corrected chi connectivity index (χ0v) is 9.40. The van der Waals surface area contributed by atoms with Crippen molar-refractivity contribution in [3.05, 3.63) is 35.9 Å². The Hall–Kier alpha value is -0.860. The molecule has 1 rings (SSSR count). The van der Waals surface area contributed by atoms with Gasteiger partial charge in [-0.25, -0.2) is 0 Å². The largest absolute Gasteiger partial charge is 0.310 e. The summed E-state index contributed by atoms with van der Waals surface area (Å²) < 4.78 is 0.848. The molecule has 0 aromatic heterocycles. The molecule has 1 aromatic carbocycles. The van der Waals surface area contributed by atoms with Gasteiger partial charge in [0.05, 0.1) is 20.6 Å². The highest BCUT2D eigenvalue weighted by molar-refractivity contribution is 5.16.